The molecule has 0 saturated carbocycles. The first kappa shape index (κ1) is 25.2. The van der Waals surface area contributed by atoms with E-state index in [1.165, 1.54) is 0 Å². The van der Waals surface area contributed by atoms with Gasteiger partial charge >= 0.3 is 0 Å². The molecule has 0 atom stereocenters. The Morgan fingerprint density at radius 1 is 0.444 bits per heavy atom. The highest BCUT2D eigenvalue weighted by Gasteiger charge is 2.31. The number of hydrogen-bond acceptors (Lipinski definition) is 6. The van der Waals surface area contributed by atoms with Gasteiger partial charge in [-0.05, 0) is 34.7 Å². The molecule has 4 heterocycles. The maximum absolute atomic E-state index is 5.23. The summed E-state index contributed by atoms with van der Waals surface area (Å²) in [6, 6.07) is 47.3. The van der Waals surface area contributed by atoms with Crippen molar-refractivity contribution in [2.24, 2.45) is 0 Å². The van der Waals surface area contributed by atoms with Crippen LogP contribution in [0, 0.1) is 0 Å². The van der Waals surface area contributed by atoms with E-state index in [4.69, 9.17) is 24.9 Å². The minimum Gasteiger partial charge on any atom is -0.261 e. The third kappa shape index (κ3) is 4.15. The molecule has 1 aliphatic heterocycles. The summed E-state index contributed by atoms with van der Waals surface area (Å²) in [7, 11) is 0. The average Bonchev–Trinajstić information content (AvgIpc) is 3.12. The van der Waals surface area contributed by atoms with Crippen LogP contribution in [0.4, 0.5) is 17.5 Å². The SMILES string of the molecule is c1ccc(-c2ccc(-c3nc(-c4ccccc4)nc(N4c5ccccc5-c5nccc6c5c4nc4ccccc46)n3)cc2)cc1. The monoisotopic (exact) mass is 576 g/mol. The molecule has 3 aromatic heterocycles. The second-order valence-electron chi connectivity index (χ2n) is 11.0. The van der Waals surface area contributed by atoms with Crippen LogP contribution in [0.5, 0.6) is 0 Å². The molecule has 1 aliphatic rings. The molecule has 0 aliphatic carbocycles. The van der Waals surface area contributed by atoms with Crippen molar-refractivity contribution < 1.29 is 0 Å². The summed E-state index contributed by atoms with van der Waals surface area (Å²) in [4.78, 5) is 27.4. The van der Waals surface area contributed by atoms with Gasteiger partial charge < -0.3 is 0 Å². The van der Waals surface area contributed by atoms with E-state index in [1.54, 1.807) is 0 Å². The summed E-state index contributed by atoms with van der Waals surface area (Å²) < 4.78 is 0. The van der Waals surface area contributed by atoms with Crippen molar-refractivity contribution in [3.8, 4) is 45.2 Å². The number of aromatic nitrogens is 5. The van der Waals surface area contributed by atoms with Gasteiger partial charge in [-0.1, -0.05) is 121 Å². The zero-order valence-electron chi connectivity index (χ0n) is 24.0. The first-order chi connectivity index (χ1) is 22.3. The summed E-state index contributed by atoms with van der Waals surface area (Å²) in [6.45, 7) is 0. The lowest BCUT2D eigenvalue weighted by atomic mass is 9.96. The third-order valence-corrected chi connectivity index (χ3v) is 8.31. The van der Waals surface area contributed by atoms with Crippen molar-refractivity contribution in [2.75, 3.05) is 4.90 Å². The summed E-state index contributed by atoms with van der Waals surface area (Å²) in [5.41, 5.74) is 7.83. The Labute approximate surface area is 259 Å². The number of anilines is 3. The van der Waals surface area contributed by atoms with Crippen molar-refractivity contribution in [2.45, 2.75) is 0 Å². The molecule has 0 amide bonds. The van der Waals surface area contributed by atoms with Crippen LogP contribution in [0.15, 0.2) is 146 Å². The van der Waals surface area contributed by atoms with Crippen molar-refractivity contribution >= 4 is 39.1 Å². The van der Waals surface area contributed by atoms with E-state index < -0.39 is 0 Å². The van der Waals surface area contributed by atoms with Crippen LogP contribution in [0.2, 0.25) is 0 Å². The van der Waals surface area contributed by atoms with Crippen LogP contribution in [0.3, 0.4) is 0 Å². The zero-order valence-corrected chi connectivity index (χ0v) is 24.0. The van der Waals surface area contributed by atoms with E-state index in [-0.39, 0.29) is 0 Å². The van der Waals surface area contributed by atoms with Gasteiger partial charge in [-0.3, -0.25) is 9.88 Å². The fourth-order valence-corrected chi connectivity index (χ4v) is 6.19. The van der Waals surface area contributed by atoms with Crippen molar-refractivity contribution in [3.05, 3.63) is 146 Å². The van der Waals surface area contributed by atoms with Gasteiger partial charge in [0.2, 0.25) is 5.95 Å². The van der Waals surface area contributed by atoms with Gasteiger partial charge in [0.1, 0.15) is 0 Å². The standard InChI is InChI=1S/C39H24N6/c1-3-11-25(12-4-1)26-19-21-28(22-20-26)37-42-36(27-13-5-2-6-14-27)43-39(44-37)45-33-18-10-8-16-31(33)35-34-30(23-24-40-35)29-15-7-9-17-32(29)41-38(34)45/h1-24H. The quantitative estimate of drug-likeness (QED) is 0.194. The van der Waals surface area contributed by atoms with Gasteiger partial charge in [-0.15, -0.1) is 0 Å². The van der Waals surface area contributed by atoms with Crippen LogP contribution in [-0.4, -0.2) is 24.9 Å². The Morgan fingerprint density at radius 3 is 1.82 bits per heavy atom. The lowest BCUT2D eigenvalue weighted by Gasteiger charge is -2.30. The Balaban J connectivity index is 1.30. The van der Waals surface area contributed by atoms with E-state index in [0.717, 1.165) is 66.7 Å². The minimum atomic E-state index is 0.497. The van der Waals surface area contributed by atoms with Crippen LogP contribution in [0.25, 0.3) is 66.8 Å². The normalized spacial score (nSPS) is 12.0. The fourth-order valence-electron chi connectivity index (χ4n) is 6.19. The first-order valence-electron chi connectivity index (χ1n) is 14.9. The van der Waals surface area contributed by atoms with Crippen molar-refractivity contribution in [3.63, 3.8) is 0 Å². The maximum atomic E-state index is 5.23. The molecule has 6 heteroatoms. The molecule has 45 heavy (non-hydrogen) atoms. The molecule has 6 nitrogen and oxygen atoms in total. The van der Waals surface area contributed by atoms with Gasteiger partial charge in [-0.2, -0.15) is 9.97 Å². The van der Waals surface area contributed by atoms with Crippen LogP contribution < -0.4 is 4.90 Å². The number of fused-ring (bicyclic) bond motifs is 4. The number of benzene rings is 5. The smallest absolute Gasteiger partial charge is 0.240 e. The zero-order chi connectivity index (χ0) is 29.7. The molecule has 0 radical (unpaired) electrons. The highest BCUT2D eigenvalue weighted by molar-refractivity contribution is 6.18. The molecular formula is C39H24N6. The average molecular weight is 577 g/mol. The number of pyridine rings is 2. The molecule has 0 bridgehead atoms. The molecule has 0 N–H and O–H groups in total. The second-order valence-corrected chi connectivity index (χ2v) is 11.0. The van der Waals surface area contributed by atoms with Crippen molar-refractivity contribution in [1.29, 1.82) is 0 Å². The summed E-state index contributed by atoms with van der Waals surface area (Å²) in [5, 5.41) is 3.15. The van der Waals surface area contributed by atoms with Gasteiger partial charge in [0.05, 0.1) is 22.3 Å². The topological polar surface area (TPSA) is 67.7 Å². The third-order valence-electron chi connectivity index (χ3n) is 8.31. The summed E-state index contributed by atoms with van der Waals surface area (Å²) in [5.74, 6) is 2.43. The highest BCUT2D eigenvalue weighted by Crippen LogP contribution is 2.49. The van der Waals surface area contributed by atoms with Gasteiger partial charge in [-0.25, -0.2) is 9.97 Å². The van der Waals surface area contributed by atoms with E-state index in [2.05, 4.69) is 77.7 Å². The van der Waals surface area contributed by atoms with E-state index in [9.17, 15) is 0 Å². The molecule has 5 aromatic carbocycles. The van der Waals surface area contributed by atoms with Crippen LogP contribution >= 0.6 is 0 Å². The van der Waals surface area contributed by atoms with E-state index >= 15 is 0 Å². The Kier molecular flexibility index (Phi) is 5.71. The molecule has 0 unspecified atom stereocenters. The predicted molar refractivity (Wildman–Crippen MR) is 180 cm³/mol. The van der Waals surface area contributed by atoms with Crippen molar-refractivity contribution in [1.82, 2.24) is 24.9 Å². The fraction of sp³-hybridized carbons (Fsp3) is 0. The number of rotatable bonds is 4. The van der Waals surface area contributed by atoms with Crippen LogP contribution in [0.1, 0.15) is 0 Å². The maximum Gasteiger partial charge on any atom is 0.240 e. The molecule has 210 valence electrons. The summed E-state index contributed by atoms with van der Waals surface area (Å²) in [6.07, 6.45) is 1.88. The Bertz CT molecular complexity index is 2370. The van der Waals surface area contributed by atoms with Gasteiger partial charge in [0.15, 0.2) is 17.5 Å². The Morgan fingerprint density at radius 2 is 1.04 bits per heavy atom. The second kappa shape index (κ2) is 10.2. The molecule has 9 rings (SSSR count). The largest absolute Gasteiger partial charge is 0.261 e. The lowest BCUT2D eigenvalue weighted by molar-refractivity contribution is 1.01. The summed E-state index contributed by atoms with van der Waals surface area (Å²) >= 11 is 0. The van der Waals surface area contributed by atoms with E-state index in [1.807, 2.05) is 72.9 Å². The minimum absolute atomic E-state index is 0.497. The molecular weight excluding hydrogens is 552 g/mol. The van der Waals surface area contributed by atoms with Gasteiger partial charge in [0, 0.05) is 28.3 Å². The number of nitrogens with zero attached hydrogens (tertiary/aromatic N) is 6. The van der Waals surface area contributed by atoms with E-state index in [0.29, 0.717) is 17.6 Å². The predicted octanol–water partition coefficient (Wildman–Crippen LogP) is 9.42. The lowest BCUT2D eigenvalue weighted by Crippen LogP contribution is -2.20. The Hall–Kier alpha value is -6.27. The van der Waals surface area contributed by atoms with Gasteiger partial charge in [0.25, 0.3) is 0 Å². The number of para-hydroxylation sites is 2. The highest BCUT2D eigenvalue weighted by atomic mass is 15.3. The molecule has 0 saturated heterocycles. The molecule has 0 spiro atoms. The number of hydrogen-bond donors (Lipinski definition) is 0. The first-order valence-corrected chi connectivity index (χ1v) is 14.9. The molecule has 8 aromatic rings. The molecule has 0 fully saturated rings. The van der Waals surface area contributed by atoms with Crippen LogP contribution in [-0.2, 0) is 0 Å².